The van der Waals surface area contributed by atoms with Crippen LogP contribution in [0.3, 0.4) is 0 Å². The summed E-state index contributed by atoms with van der Waals surface area (Å²) in [4.78, 5) is 39.0. The van der Waals surface area contributed by atoms with E-state index in [0.717, 1.165) is 11.1 Å². The number of carbonyl (C=O) groups is 3. The fourth-order valence-corrected chi connectivity index (χ4v) is 4.01. The zero-order valence-corrected chi connectivity index (χ0v) is 16.8. The van der Waals surface area contributed by atoms with Gasteiger partial charge in [0.15, 0.2) is 0 Å². The second kappa shape index (κ2) is 7.84. The number of anilines is 1. The average Bonchev–Trinajstić information content (AvgIpc) is 2.96. The smallest absolute Gasteiger partial charge is 0.255 e. The Morgan fingerprint density at radius 1 is 1.03 bits per heavy atom. The van der Waals surface area contributed by atoms with Crippen LogP contribution in [0.1, 0.15) is 34.3 Å². The third-order valence-corrected chi connectivity index (χ3v) is 6.00. The maximum atomic E-state index is 12.6. The Balaban J connectivity index is 1.42. The summed E-state index contributed by atoms with van der Waals surface area (Å²) in [5.41, 5.74) is 2.87. The van der Waals surface area contributed by atoms with Crippen LogP contribution < -0.4 is 5.32 Å². The van der Waals surface area contributed by atoms with E-state index in [1.807, 2.05) is 25.1 Å². The predicted molar refractivity (Wildman–Crippen MR) is 111 cm³/mol. The van der Waals surface area contributed by atoms with Crippen molar-refractivity contribution in [2.45, 2.75) is 26.3 Å². The van der Waals surface area contributed by atoms with Gasteiger partial charge in [0.1, 0.15) is 0 Å². The molecule has 29 heavy (non-hydrogen) atoms. The summed E-state index contributed by atoms with van der Waals surface area (Å²) >= 11 is 6.01. The molecule has 0 radical (unpaired) electrons. The van der Waals surface area contributed by atoms with Crippen molar-refractivity contribution >= 4 is 35.0 Å². The Hall–Kier alpha value is -2.92. The summed E-state index contributed by atoms with van der Waals surface area (Å²) in [6.07, 6.45) is 5.22. The molecule has 4 rings (SSSR count). The van der Waals surface area contributed by atoms with Crippen molar-refractivity contribution < 1.29 is 14.4 Å². The topological polar surface area (TPSA) is 66.5 Å². The van der Waals surface area contributed by atoms with Gasteiger partial charge in [-0.3, -0.25) is 19.3 Å². The first-order valence-corrected chi connectivity index (χ1v) is 9.98. The summed E-state index contributed by atoms with van der Waals surface area (Å²) in [5, 5.41) is 3.49. The molecule has 5 nitrogen and oxygen atoms in total. The molecule has 3 amide bonds. The number of hydrogen-bond acceptors (Lipinski definition) is 3. The Bertz CT molecular complexity index is 987. The van der Waals surface area contributed by atoms with E-state index in [0.29, 0.717) is 29.1 Å². The molecule has 2 atom stereocenters. The quantitative estimate of drug-likeness (QED) is 0.604. The number of nitrogens with zero attached hydrogens (tertiary/aromatic N) is 1. The van der Waals surface area contributed by atoms with Crippen LogP contribution in [0, 0.1) is 18.8 Å². The normalized spacial score (nSPS) is 20.7. The number of imide groups is 1. The van der Waals surface area contributed by atoms with Crippen molar-refractivity contribution in [2.24, 2.45) is 11.8 Å². The highest BCUT2D eigenvalue weighted by Crippen LogP contribution is 2.35. The van der Waals surface area contributed by atoms with Crippen LogP contribution in [0.25, 0.3) is 0 Å². The molecule has 0 unspecified atom stereocenters. The van der Waals surface area contributed by atoms with Crippen molar-refractivity contribution in [3.05, 3.63) is 76.3 Å². The predicted octanol–water partition coefficient (Wildman–Crippen LogP) is 4.35. The molecule has 2 aromatic rings. The number of aryl methyl sites for hydroxylation is 1. The van der Waals surface area contributed by atoms with E-state index in [-0.39, 0.29) is 36.1 Å². The van der Waals surface area contributed by atoms with Crippen LogP contribution in [-0.4, -0.2) is 22.6 Å². The number of carbonyl (C=O) groups excluding carboxylic acids is 3. The van der Waals surface area contributed by atoms with E-state index >= 15 is 0 Å². The van der Waals surface area contributed by atoms with Gasteiger partial charge in [0.25, 0.3) is 5.91 Å². The van der Waals surface area contributed by atoms with Crippen molar-refractivity contribution in [1.82, 2.24) is 4.90 Å². The van der Waals surface area contributed by atoms with Gasteiger partial charge in [-0.05, 0) is 61.2 Å². The number of rotatable bonds is 4. The summed E-state index contributed by atoms with van der Waals surface area (Å²) < 4.78 is 0. The van der Waals surface area contributed by atoms with Crippen LogP contribution in [0.4, 0.5) is 5.69 Å². The zero-order chi connectivity index (χ0) is 20.5. The van der Waals surface area contributed by atoms with Crippen molar-refractivity contribution in [2.75, 3.05) is 5.32 Å². The van der Waals surface area contributed by atoms with Gasteiger partial charge in [-0.2, -0.15) is 0 Å². The number of halogens is 1. The van der Waals surface area contributed by atoms with Crippen molar-refractivity contribution in [3.63, 3.8) is 0 Å². The maximum Gasteiger partial charge on any atom is 0.255 e. The summed E-state index contributed by atoms with van der Waals surface area (Å²) in [6.45, 7) is 2.11. The number of likely N-dealkylation sites (tertiary alicyclic amines) is 1. The fourth-order valence-electron chi connectivity index (χ4n) is 3.89. The van der Waals surface area contributed by atoms with Crippen molar-refractivity contribution in [1.29, 1.82) is 0 Å². The van der Waals surface area contributed by atoms with Gasteiger partial charge in [0, 0.05) is 16.3 Å². The number of benzene rings is 2. The Labute approximate surface area is 174 Å². The Kier molecular flexibility index (Phi) is 5.24. The SMILES string of the molecule is Cc1cc(NC(=O)c2ccc(CN3C(=O)[C@H]4CC=CC[C@H]4C3=O)cc2)ccc1Cl. The van der Waals surface area contributed by atoms with Gasteiger partial charge in [-0.15, -0.1) is 0 Å². The molecule has 0 bridgehead atoms. The molecule has 0 spiro atoms. The van der Waals surface area contributed by atoms with Gasteiger partial charge in [0.2, 0.25) is 11.8 Å². The fraction of sp³-hybridized carbons (Fsp3) is 0.261. The van der Waals surface area contributed by atoms with Crippen LogP contribution in [0.5, 0.6) is 0 Å². The lowest BCUT2D eigenvalue weighted by molar-refractivity contribution is -0.140. The van der Waals surface area contributed by atoms with Gasteiger partial charge in [-0.25, -0.2) is 0 Å². The van der Waals surface area contributed by atoms with E-state index in [2.05, 4.69) is 5.32 Å². The maximum absolute atomic E-state index is 12.6. The molecular formula is C23H21ClN2O3. The lowest BCUT2D eigenvalue weighted by atomic mass is 9.85. The second-order valence-electron chi connectivity index (χ2n) is 7.53. The molecule has 1 aliphatic carbocycles. The second-order valence-corrected chi connectivity index (χ2v) is 7.94. The van der Waals surface area contributed by atoms with E-state index < -0.39 is 0 Å². The minimum absolute atomic E-state index is 0.0933. The standard InChI is InChI=1S/C23H21ClN2O3/c1-14-12-17(10-11-20(14)24)25-21(27)16-8-6-15(7-9-16)13-26-22(28)18-4-2-3-5-19(18)23(26)29/h2-3,6-12,18-19H,4-5,13H2,1H3,(H,25,27)/t18-,19+. The van der Waals surface area contributed by atoms with Crippen LogP contribution >= 0.6 is 11.6 Å². The average molecular weight is 409 g/mol. The molecule has 1 N–H and O–H groups in total. The van der Waals surface area contributed by atoms with E-state index in [1.54, 1.807) is 36.4 Å². The third kappa shape index (κ3) is 3.83. The zero-order valence-electron chi connectivity index (χ0n) is 16.0. The van der Waals surface area contributed by atoms with E-state index in [9.17, 15) is 14.4 Å². The molecule has 1 fully saturated rings. The molecule has 1 heterocycles. The molecule has 1 aliphatic heterocycles. The first kappa shape index (κ1) is 19.4. The van der Waals surface area contributed by atoms with Crippen LogP contribution in [0.15, 0.2) is 54.6 Å². The first-order chi connectivity index (χ1) is 13.9. The minimum atomic E-state index is -0.233. The van der Waals surface area contributed by atoms with Gasteiger partial charge < -0.3 is 5.32 Å². The van der Waals surface area contributed by atoms with E-state index in [4.69, 9.17) is 11.6 Å². The highest BCUT2D eigenvalue weighted by atomic mass is 35.5. The first-order valence-electron chi connectivity index (χ1n) is 9.60. The monoisotopic (exact) mass is 408 g/mol. The molecular weight excluding hydrogens is 388 g/mol. The number of fused-ring (bicyclic) bond motifs is 1. The minimum Gasteiger partial charge on any atom is -0.322 e. The van der Waals surface area contributed by atoms with Crippen LogP contribution in [0.2, 0.25) is 5.02 Å². The Morgan fingerprint density at radius 2 is 1.66 bits per heavy atom. The highest BCUT2D eigenvalue weighted by molar-refractivity contribution is 6.31. The highest BCUT2D eigenvalue weighted by Gasteiger charge is 2.46. The lowest BCUT2D eigenvalue weighted by Gasteiger charge is -2.15. The van der Waals surface area contributed by atoms with Gasteiger partial charge >= 0.3 is 0 Å². The number of allylic oxidation sites excluding steroid dienone is 2. The summed E-state index contributed by atoms with van der Waals surface area (Å²) in [5.74, 6) is -0.863. The van der Waals surface area contributed by atoms with Gasteiger partial charge in [0.05, 0.1) is 18.4 Å². The molecule has 148 valence electrons. The van der Waals surface area contributed by atoms with Gasteiger partial charge in [-0.1, -0.05) is 35.9 Å². The summed E-state index contributed by atoms with van der Waals surface area (Å²) in [7, 11) is 0. The molecule has 0 saturated carbocycles. The molecule has 6 heteroatoms. The molecule has 1 saturated heterocycles. The van der Waals surface area contributed by atoms with E-state index in [1.165, 1.54) is 4.90 Å². The third-order valence-electron chi connectivity index (χ3n) is 5.57. The largest absolute Gasteiger partial charge is 0.322 e. The molecule has 2 aliphatic rings. The number of hydrogen-bond donors (Lipinski definition) is 1. The number of nitrogens with one attached hydrogen (secondary N) is 1. The van der Waals surface area contributed by atoms with Crippen LogP contribution in [-0.2, 0) is 16.1 Å². The molecule has 0 aromatic heterocycles. The number of amides is 3. The lowest BCUT2D eigenvalue weighted by Crippen LogP contribution is -2.30. The van der Waals surface area contributed by atoms with Crippen molar-refractivity contribution in [3.8, 4) is 0 Å². The Morgan fingerprint density at radius 3 is 2.24 bits per heavy atom. The summed E-state index contributed by atoms with van der Waals surface area (Å²) in [6, 6.07) is 12.3. The molecule has 2 aromatic carbocycles.